The number of nitrogens with zero attached hydrogens (tertiary/aromatic N) is 2. The zero-order chi connectivity index (χ0) is 28.8. The van der Waals surface area contributed by atoms with Crippen LogP contribution in [0.3, 0.4) is 0 Å². The van der Waals surface area contributed by atoms with Crippen molar-refractivity contribution in [2.75, 3.05) is 37.1 Å². The molecule has 214 valence electrons. The molecule has 0 atom stereocenters. The lowest BCUT2D eigenvalue weighted by Gasteiger charge is -2.25. The lowest BCUT2D eigenvalue weighted by atomic mass is 10.2. The first-order chi connectivity index (χ1) is 19.1. The Bertz CT molecular complexity index is 1510. The third-order valence-corrected chi connectivity index (χ3v) is 10.4. The zero-order valence-electron chi connectivity index (χ0n) is 22.1. The van der Waals surface area contributed by atoms with E-state index in [1.807, 2.05) is 6.92 Å². The summed E-state index contributed by atoms with van der Waals surface area (Å²) in [7, 11) is -7.57. The van der Waals surface area contributed by atoms with Crippen LogP contribution >= 0.6 is 11.6 Å². The predicted octanol–water partition coefficient (Wildman–Crippen LogP) is 4.21. The summed E-state index contributed by atoms with van der Waals surface area (Å²) in [5.74, 6) is -0.0527. The summed E-state index contributed by atoms with van der Waals surface area (Å²) in [5.41, 5.74) is 1.30. The van der Waals surface area contributed by atoms with Gasteiger partial charge >= 0.3 is 0 Å². The van der Waals surface area contributed by atoms with Crippen LogP contribution in [0.15, 0.2) is 82.6 Å². The molecule has 0 unspecified atom stereocenters. The van der Waals surface area contributed by atoms with Crippen molar-refractivity contribution in [3.8, 4) is 5.75 Å². The van der Waals surface area contributed by atoms with E-state index < -0.39 is 32.5 Å². The Balaban J connectivity index is 1.35. The van der Waals surface area contributed by atoms with Crippen molar-refractivity contribution in [3.63, 3.8) is 0 Å². The molecular weight excluding hydrogens is 574 g/mol. The van der Waals surface area contributed by atoms with Crippen molar-refractivity contribution in [2.45, 2.75) is 36.0 Å². The van der Waals surface area contributed by atoms with Crippen LogP contribution < -0.4 is 14.4 Å². The molecule has 40 heavy (non-hydrogen) atoms. The van der Waals surface area contributed by atoms with Crippen LogP contribution in [0, 0.1) is 6.92 Å². The minimum Gasteiger partial charge on any atom is -0.492 e. The van der Waals surface area contributed by atoms with Gasteiger partial charge in [-0.05, 0) is 80.4 Å². The fourth-order valence-corrected chi connectivity index (χ4v) is 7.33. The molecule has 1 aliphatic heterocycles. The van der Waals surface area contributed by atoms with Crippen molar-refractivity contribution in [2.24, 2.45) is 0 Å². The average Bonchev–Trinajstić information content (AvgIpc) is 2.95. The summed E-state index contributed by atoms with van der Waals surface area (Å²) in [6, 6.07) is 18.8. The molecule has 12 heteroatoms. The maximum atomic E-state index is 13.4. The monoisotopic (exact) mass is 605 g/mol. The van der Waals surface area contributed by atoms with Crippen LogP contribution in [-0.4, -0.2) is 59.8 Å². The molecular formula is C28H32ClN3O6S2. The molecule has 3 aromatic carbocycles. The summed E-state index contributed by atoms with van der Waals surface area (Å²) in [5, 5.41) is 3.08. The summed E-state index contributed by atoms with van der Waals surface area (Å²) in [6.45, 7) is 2.74. The van der Waals surface area contributed by atoms with Gasteiger partial charge in [0.2, 0.25) is 15.9 Å². The van der Waals surface area contributed by atoms with Crippen LogP contribution in [0.4, 0.5) is 5.69 Å². The van der Waals surface area contributed by atoms with E-state index in [2.05, 4.69) is 5.32 Å². The number of piperidine rings is 1. The van der Waals surface area contributed by atoms with Gasteiger partial charge in [0.05, 0.1) is 22.0 Å². The quantitative estimate of drug-likeness (QED) is 0.328. The molecule has 0 radical (unpaired) electrons. The van der Waals surface area contributed by atoms with Gasteiger partial charge in [0.15, 0.2) is 0 Å². The normalized spacial score (nSPS) is 14.4. The summed E-state index contributed by atoms with van der Waals surface area (Å²) >= 11 is 5.92. The van der Waals surface area contributed by atoms with Crippen LogP contribution in [0.25, 0.3) is 0 Å². The highest BCUT2D eigenvalue weighted by Crippen LogP contribution is 2.25. The van der Waals surface area contributed by atoms with Gasteiger partial charge in [-0.25, -0.2) is 16.8 Å². The SMILES string of the molecule is Cc1ccc(N(CC(=O)NCCOc2ccc(S(=O)(=O)N3CCCCC3)cc2)S(=O)(=O)c2ccc(Cl)cc2)cc1. The molecule has 0 aromatic heterocycles. The van der Waals surface area contributed by atoms with Crippen molar-refractivity contribution < 1.29 is 26.4 Å². The van der Waals surface area contributed by atoms with Gasteiger partial charge in [0.1, 0.15) is 18.9 Å². The first kappa shape index (κ1) is 29.9. The van der Waals surface area contributed by atoms with E-state index in [0.717, 1.165) is 29.1 Å². The number of hydrogen-bond donors (Lipinski definition) is 1. The van der Waals surface area contributed by atoms with Crippen LogP contribution in [0.1, 0.15) is 24.8 Å². The van der Waals surface area contributed by atoms with Gasteiger partial charge in [-0.1, -0.05) is 35.7 Å². The van der Waals surface area contributed by atoms with E-state index in [1.165, 1.54) is 40.7 Å². The molecule has 1 N–H and O–H groups in total. The van der Waals surface area contributed by atoms with Gasteiger partial charge in [0, 0.05) is 18.1 Å². The van der Waals surface area contributed by atoms with Crippen molar-refractivity contribution in [1.82, 2.24) is 9.62 Å². The standard InChI is InChI=1S/C28H32ClN3O6S2/c1-22-5-9-24(10-6-22)32(40(36,37)27-13-7-23(29)8-14-27)21-28(33)30-17-20-38-25-11-15-26(16-12-25)39(34,35)31-18-3-2-4-19-31/h5-16H,2-4,17-21H2,1H3,(H,30,33). The number of amides is 1. The third-order valence-electron chi connectivity index (χ3n) is 6.48. The maximum absolute atomic E-state index is 13.4. The number of nitrogens with one attached hydrogen (secondary N) is 1. The zero-order valence-corrected chi connectivity index (χ0v) is 24.5. The second-order valence-corrected chi connectivity index (χ2v) is 13.7. The Morgan fingerprint density at radius 1 is 0.875 bits per heavy atom. The highest BCUT2D eigenvalue weighted by Gasteiger charge is 2.28. The molecule has 1 fully saturated rings. The number of hydrogen-bond acceptors (Lipinski definition) is 6. The number of ether oxygens (including phenoxy) is 1. The maximum Gasteiger partial charge on any atom is 0.264 e. The Morgan fingerprint density at radius 3 is 2.10 bits per heavy atom. The first-order valence-corrected chi connectivity index (χ1v) is 16.2. The van der Waals surface area contributed by atoms with Crippen LogP contribution in [-0.2, 0) is 24.8 Å². The molecule has 1 heterocycles. The molecule has 0 spiro atoms. The lowest BCUT2D eigenvalue weighted by molar-refractivity contribution is -0.119. The van der Waals surface area contributed by atoms with Gasteiger partial charge in [-0.15, -0.1) is 0 Å². The fraction of sp³-hybridized carbons (Fsp3) is 0.321. The number of sulfonamides is 2. The Labute approximate surface area is 240 Å². The highest BCUT2D eigenvalue weighted by molar-refractivity contribution is 7.92. The molecule has 1 amide bonds. The largest absolute Gasteiger partial charge is 0.492 e. The number of anilines is 1. The van der Waals surface area contributed by atoms with Gasteiger partial charge in [-0.2, -0.15) is 4.31 Å². The number of carbonyl (C=O) groups is 1. The second kappa shape index (κ2) is 13.0. The van der Waals surface area contributed by atoms with Gasteiger partial charge in [0.25, 0.3) is 10.0 Å². The minimum absolute atomic E-state index is 0.0133. The smallest absolute Gasteiger partial charge is 0.264 e. The molecule has 0 bridgehead atoms. The number of halogens is 1. The van der Waals surface area contributed by atoms with E-state index in [1.54, 1.807) is 36.4 Å². The summed E-state index contributed by atoms with van der Waals surface area (Å²) in [4.78, 5) is 13.0. The molecule has 9 nitrogen and oxygen atoms in total. The Kier molecular flexibility index (Phi) is 9.72. The predicted molar refractivity (Wildman–Crippen MR) is 155 cm³/mol. The molecule has 0 aliphatic carbocycles. The summed E-state index contributed by atoms with van der Waals surface area (Å²) in [6.07, 6.45) is 2.77. The number of benzene rings is 3. The molecule has 1 aliphatic rings. The summed E-state index contributed by atoms with van der Waals surface area (Å²) < 4.78 is 60.6. The van der Waals surface area contributed by atoms with E-state index in [0.29, 0.717) is 29.5 Å². The molecule has 1 saturated heterocycles. The average molecular weight is 606 g/mol. The van der Waals surface area contributed by atoms with E-state index in [4.69, 9.17) is 16.3 Å². The number of aryl methyl sites for hydroxylation is 1. The van der Waals surface area contributed by atoms with Gasteiger partial charge in [-0.3, -0.25) is 9.10 Å². The molecule has 0 saturated carbocycles. The second-order valence-electron chi connectivity index (χ2n) is 9.44. The Hall–Kier alpha value is -3.12. The van der Waals surface area contributed by atoms with E-state index >= 15 is 0 Å². The minimum atomic E-state index is -4.05. The number of carbonyl (C=O) groups excluding carboxylic acids is 1. The topological polar surface area (TPSA) is 113 Å². The number of rotatable bonds is 11. The molecule has 4 rings (SSSR count). The first-order valence-electron chi connectivity index (χ1n) is 12.9. The van der Waals surface area contributed by atoms with Crippen LogP contribution in [0.2, 0.25) is 5.02 Å². The van der Waals surface area contributed by atoms with Crippen molar-refractivity contribution >= 4 is 43.2 Å². The fourth-order valence-electron chi connectivity index (χ4n) is 4.27. The molecule has 3 aromatic rings. The van der Waals surface area contributed by atoms with Crippen LogP contribution in [0.5, 0.6) is 5.75 Å². The Morgan fingerprint density at radius 2 is 1.48 bits per heavy atom. The lowest BCUT2D eigenvalue weighted by Crippen LogP contribution is -2.41. The van der Waals surface area contributed by atoms with Gasteiger partial charge < -0.3 is 10.1 Å². The van der Waals surface area contributed by atoms with Crippen molar-refractivity contribution in [3.05, 3.63) is 83.4 Å². The van der Waals surface area contributed by atoms with Crippen molar-refractivity contribution in [1.29, 1.82) is 0 Å². The highest BCUT2D eigenvalue weighted by atomic mass is 35.5. The third kappa shape index (κ3) is 7.34. The van der Waals surface area contributed by atoms with E-state index in [9.17, 15) is 21.6 Å². The van der Waals surface area contributed by atoms with E-state index in [-0.39, 0.29) is 22.9 Å².